The van der Waals surface area contributed by atoms with E-state index < -0.39 is 0 Å². The summed E-state index contributed by atoms with van der Waals surface area (Å²) in [4.78, 5) is 30.5. The van der Waals surface area contributed by atoms with Gasteiger partial charge in [-0.05, 0) is 45.7 Å². The molecule has 10 aromatic rings. The van der Waals surface area contributed by atoms with Gasteiger partial charge >= 0.3 is 0 Å². The Balaban J connectivity index is 1.01. The molecule has 10 rings (SSSR count). The Morgan fingerprint density at radius 2 is 0.906 bits per heavy atom. The summed E-state index contributed by atoms with van der Waals surface area (Å²) in [6.07, 6.45) is 3.84. The van der Waals surface area contributed by atoms with E-state index in [0.717, 1.165) is 64.9 Å². The van der Waals surface area contributed by atoms with Gasteiger partial charge in [-0.2, -0.15) is 0 Å². The van der Waals surface area contributed by atoms with E-state index in [1.54, 1.807) is 11.3 Å². The Bertz CT molecular complexity index is 2940. The molecule has 0 spiro atoms. The van der Waals surface area contributed by atoms with Crippen molar-refractivity contribution in [2.75, 3.05) is 0 Å². The fourth-order valence-electron chi connectivity index (χ4n) is 6.70. The molecule has 0 saturated carbocycles. The molecule has 4 aromatic heterocycles. The molecule has 0 unspecified atom stereocenters. The molecule has 0 saturated heterocycles. The molecule has 0 aliphatic carbocycles. The number of nitrogens with zero attached hydrogens (tertiary/aromatic N) is 6. The van der Waals surface area contributed by atoms with Gasteiger partial charge in [0.2, 0.25) is 0 Å². The summed E-state index contributed by atoms with van der Waals surface area (Å²) in [7, 11) is 0. The van der Waals surface area contributed by atoms with Crippen molar-refractivity contribution in [3.63, 3.8) is 0 Å². The third kappa shape index (κ3) is 5.89. The third-order valence-electron chi connectivity index (χ3n) is 9.45. The van der Waals surface area contributed by atoms with Gasteiger partial charge in [0.05, 0.1) is 10.2 Å². The second-order valence-corrected chi connectivity index (χ2v) is 13.9. The molecule has 0 bridgehead atoms. The first kappa shape index (κ1) is 30.8. The summed E-state index contributed by atoms with van der Waals surface area (Å²) in [6, 6.07) is 54.0. The van der Waals surface area contributed by atoms with E-state index in [1.807, 2.05) is 60.9 Å². The molecule has 7 heteroatoms. The zero-order valence-corrected chi connectivity index (χ0v) is 29.1. The van der Waals surface area contributed by atoms with Crippen LogP contribution in [0, 0.1) is 0 Å². The summed E-state index contributed by atoms with van der Waals surface area (Å²) in [6.45, 7) is 0. The number of fused-ring (bicyclic) bond motifs is 4. The summed E-state index contributed by atoms with van der Waals surface area (Å²) in [5.41, 5.74) is 8.97. The van der Waals surface area contributed by atoms with E-state index in [1.165, 1.54) is 10.8 Å². The second kappa shape index (κ2) is 13.0. The highest BCUT2D eigenvalue weighted by Gasteiger charge is 2.15. The summed E-state index contributed by atoms with van der Waals surface area (Å²) in [5.74, 6) is 2.57. The average Bonchev–Trinajstić information content (AvgIpc) is 3.61. The highest BCUT2D eigenvalue weighted by molar-refractivity contribution is 7.25. The van der Waals surface area contributed by atoms with Crippen LogP contribution < -0.4 is 0 Å². The van der Waals surface area contributed by atoms with Crippen LogP contribution in [-0.2, 0) is 0 Å². The van der Waals surface area contributed by atoms with Crippen molar-refractivity contribution in [2.24, 2.45) is 0 Å². The Hall–Kier alpha value is -6.96. The zero-order valence-electron chi connectivity index (χ0n) is 28.3. The average molecular weight is 697 g/mol. The second-order valence-electron chi connectivity index (χ2n) is 12.8. The molecular weight excluding hydrogens is 669 g/mol. The van der Waals surface area contributed by atoms with Gasteiger partial charge in [-0.1, -0.05) is 140 Å². The van der Waals surface area contributed by atoms with E-state index in [-0.39, 0.29) is 0 Å². The molecule has 6 aromatic carbocycles. The van der Waals surface area contributed by atoms with Crippen LogP contribution in [0.3, 0.4) is 0 Å². The molecule has 0 fully saturated rings. The molecule has 0 aliphatic heterocycles. The van der Waals surface area contributed by atoms with Crippen LogP contribution in [0.5, 0.6) is 0 Å². The Labute approximate surface area is 309 Å². The molecule has 4 heterocycles. The summed E-state index contributed by atoms with van der Waals surface area (Å²) in [5, 5.41) is 3.38. The van der Waals surface area contributed by atoms with Crippen molar-refractivity contribution < 1.29 is 0 Å². The smallest absolute Gasteiger partial charge is 0.164 e. The zero-order chi connectivity index (χ0) is 35.1. The minimum Gasteiger partial charge on any atom is -0.245 e. The predicted molar refractivity (Wildman–Crippen MR) is 216 cm³/mol. The largest absolute Gasteiger partial charge is 0.245 e. The van der Waals surface area contributed by atoms with E-state index in [2.05, 4.69) is 109 Å². The highest BCUT2D eigenvalue weighted by atomic mass is 32.1. The molecule has 0 radical (unpaired) electrons. The third-order valence-corrected chi connectivity index (χ3v) is 10.5. The van der Waals surface area contributed by atoms with Gasteiger partial charge in [-0.25, -0.2) is 29.9 Å². The van der Waals surface area contributed by atoms with E-state index in [9.17, 15) is 0 Å². The maximum Gasteiger partial charge on any atom is 0.164 e. The van der Waals surface area contributed by atoms with Crippen LogP contribution in [0.4, 0.5) is 0 Å². The van der Waals surface area contributed by atoms with Crippen molar-refractivity contribution in [3.8, 4) is 67.8 Å². The number of benzene rings is 6. The minimum atomic E-state index is 0.612. The molecule has 0 aliphatic rings. The topological polar surface area (TPSA) is 77.3 Å². The van der Waals surface area contributed by atoms with Gasteiger partial charge < -0.3 is 0 Å². The van der Waals surface area contributed by atoms with Crippen molar-refractivity contribution in [1.82, 2.24) is 29.9 Å². The van der Waals surface area contributed by atoms with Crippen LogP contribution in [0.2, 0.25) is 0 Å². The van der Waals surface area contributed by atoms with Crippen LogP contribution in [-0.4, -0.2) is 29.9 Å². The van der Waals surface area contributed by atoms with Crippen LogP contribution in [0.15, 0.2) is 170 Å². The van der Waals surface area contributed by atoms with Gasteiger partial charge in [0, 0.05) is 45.6 Å². The first-order valence-corrected chi connectivity index (χ1v) is 18.2. The lowest BCUT2D eigenvalue weighted by Crippen LogP contribution is -2.00. The summed E-state index contributed by atoms with van der Waals surface area (Å²) < 4.78 is 1.01. The lowest BCUT2D eigenvalue weighted by atomic mass is 10.0. The minimum absolute atomic E-state index is 0.612. The monoisotopic (exact) mass is 696 g/mol. The fraction of sp³-hybridized carbons (Fsp3) is 0. The van der Waals surface area contributed by atoms with E-state index in [4.69, 9.17) is 29.9 Å². The number of aromatic nitrogens is 6. The van der Waals surface area contributed by atoms with Gasteiger partial charge in [-0.15, -0.1) is 11.3 Å². The van der Waals surface area contributed by atoms with Gasteiger partial charge in [0.1, 0.15) is 4.83 Å². The SMILES string of the molecule is c1ccc(-c2cccc(-c3nc(-c4ccccc4)nc(-c4ccc(-c5cnc6sc7cnc(-c8ccc9ccccc9c8)nc7c6c5)cc4)n3)c2)cc1. The molecule has 6 nitrogen and oxygen atoms in total. The van der Waals surface area contributed by atoms with Gasteiger partial charge in [-0.3, -0.25) is 0 Å². The molecule has 248 valence electrons. The van der Waals surface area contributed by atoms with Crippen LogP contribution in [0.25, 0.3) is 99.0 Å². The summed E-state index contributed by atoms with van der Waals surface area (Å²) >= 11 is 1.61. The first-order valence-electron chi connectivity index (χ1n) is 17.3. The standard InChI is InChI=1S/C46H28N6S/c1-3-10-29(11-4-1)35-16-9-17-36(24-35)45-51-43(32-13-5-2-6-14-32)50-44(52-45)33-21-18-31(19-22-33)38-26-39-41-40(53-46(39)48-27-38)28-47-42(49-41)37-23-20-30-12-7-8-15-34(30)25-37/h1-28H. The first-order chi connectivity index (χ1) is 26.2. The lowest BCUT2D eigenvalue weighted by molar-refractivity contribution is 1.07. The van der Waals surface area contributed by atoms with Crippen molar-refractivity contribution in [2.45, 2.75) is 0 Å². The number of rotatable bonds is 6. The van der Waals surface area contributed by atoms with Crippen molar-refractivity contribution >= 4 is 42.5 Å². The molecule has 0 amide bonds. The van der Waals surface area contributed by atoms with Gasteiger partial charge in [0.15, 0.2) is 23.3 Å². The predicted octanol–water partition coefficient (Wildman–Crippen LogP) is 11.6. The fourth-order valence-corrected chi connectivity index (χ4v) is 7.64. The van der Waals surface area contributed by atoms with E-state index in [0.29, 0.717) is 23.3 Å². The van der Waals surface area contributed by atoms with Crippen molar-refractivity contribution in [3.05, 3.63) is 170 Å². The normalized spacial score (nSPS) is 11.4. The van der Waals surface area contributed by atoms with Gasteiger partial charge in [0.25, 0.3) is 0 Å². The number of hydrogen-bond donors (Lipinski definition) is 0. The number of hydrogen-bond acceptors (Lipinski definition) is 7. The number of pyridine rings is 1. The van der Waals surface area contributed by atoms with Crippen molar-refractivity contribution in [1.29, 1.82) is 0 Å². The molecular formula is C46H28N6S. The van der Waals surface area contributed by atoms with Crippen LogP contribution in [0.1, 0.15) is 0 Å². The quantitative estimate of drug-likeness (QED) is 0.172. The lowest BCUT2D eigenvalue weighted by Gasteiger charge is -2.10. The Morgan fingerprint density at radius 3 is 1.68 bits per heavy atom. The number of thiophene rings is 1. The van der Waals surface area contributed by atoms with Crippen LogP contribution >= 0.6 is 11.3 Å². The Morgan fingerprint density at radius 1 is 0.340 bits per heavy atom. The Kier molecular flexibility index (Phi) is 7.55. The molecule has 0 N–H and O–H groups in total. The van der Waals surface area contributed by atoms with E-state index >= 15 is 0 Å². The highest BCUT2D eigenvalue weighted by Crippen LogP contribution is 2.36. The maximum atomic E-state index is 5.05. The maximum absolute atomic E-state index is 5.05. The molecule has 0 atom stereocenters. The molecule has 53 heavy (non-hydrogen) atoms.